The minimum Gasteiger partial charge on any atom is -0.313 e. The molecular formula is C13H15ClFN. The van der Waals surface area contributed by atoms with Crippen LogP contribution in [-0.4, -0.2) is 7.05 Å². The Morgan fingerprint density at radius 1 is 1.56 bits per heavy atom. The molecule has 1 aromatic rings. The van der Waals surface area contributed by atoms with Gasteiger partial charge in [-0.25, -0.2) is 4.39 Å². The van der Waals surface area contributed by atoms with Gasteiger partial charge in [0.25, 0.3) is 0 Å². The fraction of sp³-hybridized carbons (Fsp3) is 0.385. The van der Waals surface area contributed by atoms with Crippen LogP contribution in [-0.2, 0) is 0 Å². The molecule has 1 N–H and O–H groups in total. The molecule has 0 radical (unpaired) electrons. The van der Waals surface area contributed by atoms with E-state index in [0.29, 0.717) is 12.0 Å². The van der Waals surface area contributed by atoms with Crippen molar-refractivity contribution in [3.8, 4) is 12.3 Å². The third-order valence-corrected chi connectivity index (χ3v) is 2.81. The number of hydrogen-bond donors (Lipinski definition) is 1. The van der Waals surface area contributed by atoms with E-state index in [2.05, 4.69) is 11.2 Å². The van der Waals surface area contributed by atoms with Gasteiger partial charge in [0, 0.05) is 18.0 Å². The maximum atomic E-state index is 13.7. The molecule has 0 spiro atoms. The van der Waals surface area contributed by atoms with Crippen molar-refractivity contribution in [1.82, 2.24) is 5.32 Å². The maximum absolute atomic E-state index is 13.7. The van der Waals surface area contributed by atoms with Crippen molar-refractivity contribution in [3.05, 3.63) is 34.6 Å². The molecule has 0 amide bonds. The highest BCUT2D eigenvalue weighted by atomic mass is 35.5. The Hall–Kier alpha value is -1.04. The number of rotatable bonds is 5. The fourth-order valence-electron chi connectivity index (χ4n) is 1.65. The third kappa shape index (κ3) is 3.23. The van der Waals surface area contributed by atoms with Crippen LogP contribution in [0.5, 0.6) is 0 Å². The van der Waals surface area contributed by atoms with Crippen LogP contribution >= 0.6 is 11.6 Å². The molecule has 1 rings (SSSR count). The highest BCUT2D eigenvalue weighted by Crippen LogP contribution is 2.26. The average Bonchev–Trinajstić information content (AvgIpc) is 2.29. The highest BCUT2D eigenvalue weighted by molar-refractivity contribution is 6.30. The molecule has 1 aromatic carbocycles. The van der Waals surface area contributed by atoms with Crippen LogP contribution in [0.2, 0.25) is 5.02 Å². The van der Waals surface area contributed by atoms with Crippen LogP contribution < -0.4 is 5.32 Å². The topological polar surface area (TPSA) is 12.0 Å². The lowest BCUT2D eigenvalue weighted by molar-refractivity contribution is 0.498. The number of halogens is 2. The summed E-state index contributed by atoms with van der Waals surface area (Å²) in [6.45, 7) is 0. The molecule has 0 bridgehead atoms. The molecule has 1 atom stereocenters. The van der Waals surface area contributed by atoms with Crippen molar-refractivity contribution in [2.24, 2.45) is 0 Å². The van der Waals surface area contributed by atoms with E-state index in [4.69, 9.17) is 18.0 Å². The van der Waals surface area contributed by atoms with E-state index >= 15 is 0 Å². The van der Waals surface area contributed by atoms with E-state index < -0.39 is 0 Å². The quantitative estimate of drug-likeness (QED) is 0.612. The van der Waals surface area contributed by atoms with E-state index in [1.54, 1.807) is 25.2 Å². The van der Waals surface area contributed by atoms with E-state index in [9.17, 15) is 4.39 Å². The largest absolute Gasteiger partial charge is 0.313 e. The van der Waals surface area contributed by atoms with Gasteiger partial charge in [-0.3, -0.25) is 0 Å². The van der Waals surface area contributed by atoms with Crippen LogP contribution in [0.15, 0.2) is 18.2 Å². The van der Waals surface area contributed by atoms with Gasteiger partial charge < -0.3 is 5.32 Å². The van der Waals surface area contributed by atoms with Gasteiger partial charge >= 0.3 is 0 Å². The Bertz CT molecular complexity index is 384. The molecule has 0 heterocycles. The highest BCUT2D eigenvalue weighted by Gasteiger charge is 2.15. The van der Waals surface area contributed by atoms with E-state index in [0.717, 1.165) is 12.8 Å². The number of unbranched alkanes of at least 4 members (excludes halogenated alkanes) is 1. The Kier molecular flexibility index (Phi) is 5.31. The van der Waals surface area contributed by atoms with Crippen molar-refractivity contribution in [1.29, 1.82) is 0 Å². The summed E-state index contributed by atoms with van der Waals surface area (Å²) in [6.07, 6.45) is 7.56. The molecule has 0 aromatic heterocycles. The Morgan fingerprint density at radius 3 is 2.94 bits per heavy atom. The smallest absolute Gasteiger partial charge is 0.146 e. The lowest BCUT2D eigenvalue weighted by atomic mass is 10.0. The van der Waals surface area contributed by atoms with Crippen molar-refractivity contribution in [3.63, 3.8) is 0 Å². The summed E-state index contributed by atoms with van der Waals surface area (Å²) in [5.41, 5.74) is 0.604. The first-order valence-corrected chi connectivity index (χ1v) is 5.63. The zero-order valence-electron chi connectivity index (χ0n) is 9.26. The van der Waals surface area contributed by atoms with Crippen molar-refractivity contribution in [2.45, 2.75) is 25.3 Å². The first kappa shape index (κ1) is 13.0. The Morgan fingerprint density at radius 2 is 2.31 bits per heavy atom. The zero-order valence-corrected chi connectivity index (χ0v) is 10.0. The van der Waals surface area contributed by atoms with Gasteiger partial charge in [-0.15, -0.1) is 12.3 Å². The van der Waals surface area contributed by atoms with Gasteiger partial charge in [0.1, 0.15) is 5.82 Å². The summed E-state index contributed by atoms with van der Waals surface area (Å²) in [7, 11) is 1.81. The lowest BCUT2D eigenvalue weighted by Gasteiger charge is -2.17. The van der Waals surface area contributed by atoms with Crippen LogP contribution in [0.4, 0.5) is 4.39 Å². The van der Waals surface area contributed by atoms with Crippen molar-refractivity contribution >= 4 is 11.6 Å². The summed E-state index contributed by atoms with van der Waals surface area (Å²) in [4.78, 5) is 0. The zero-order chi connectivity index (χ0) is 12.0. The van der Waals surface area contributed by atoms with Gasteiger partial charge in [-0.05, 0) is 26.0 Å². The standard InChI is InChI=1S/C13H15ClFN/c1-3-4-5-9-12(16-2)10-7-6-8-11(14)13(10)15/h1,6-8,12,16H,4-5,9H2,2H3. The first-order chi connectivity index (χ1) is 7.70. The predicted octanol–water partition coefficient (Wildman–Crippen LogP) is 3.54. The molecule has 0 aliphatic carbocycles. The van der Waals surface area contributed by atoms with Crippen LogP contribution in [0.3, 0.4) is 0 Å². The Balaban J connectivity index is 2.79. The van der Waals surface area contributed by atoms with Gasteiger partial charge in [-0.2, -0.15) is 0 Å². The number of nitrogens with one attached hydrogen (secondary N) is 1. The van der Waals surface area contributed by atoms with Crippen LogP contribution in [0.25, 0.3) is 0 Å². The number of benzene rings is 1. The average molecular weight is 240 g/mol. The van der Waals surface area contributed by atoms with E-state index in [1.165, 1.54) is 0 Å². The molecule has 16 heavy (non-hydrogen) atoms. The molecule has 0 saturated carbocycles. The van der Waals surface area contributed by atoms with Crippen LogP contribution in [0.1, 0.15) is 30.9 Å². The maximum Gasteiger partial charge on any atom is 0.146 e. The normalized spacial score (nSPS) is 12.1. The van der Waals surface area contributed by atoms with Gasteiger partial charge in [0.2, 0.25) is 0 Å². The third-order valence-electron chi connectivity index (χ3n) is 2.52. The van der Waals surface area contributed by atoms with Gasteiger partial charge in [0.15, 0.2) is 0 Å². The second-order valence-corrected chi connectivity index (χ2v) is 3.99. The fourth-order valence-corrected chi connectivity index (χ4v) is 1.84. The first-order valence-electron chi connectivity index (χ1n) is 5.25. The summed E-state index contributed by atoms with van der Waals surface area (Å²) >= 11 is 5.74. The molecule has 3 heteroatoms. The molecule has 1 nitrogen and oxygen atoms in total. The van der Waals surface area contributed by atoms with Crippen LogP contribution in [0, 0.1) is 18.2 Å². The van der Waals surface area contributed by atoms with E-state index in [1.807, 2.05) is 0 Å². The summed E-state index contributed by atoms with van der Waals surface area (Å²) < 4.78 is 13.7. The number of terminal acetylenes is 1. The Labute approximate surface area is 101 Å². The minimum atomic E-state index is -0.343. The summed E-state index contributed by atoms with van der Waals surface area (Å²) in [5, 5.41) is 3.24. The molecule has 1 unspecified atom stereocenters. The summed E-state index contributed by atoms with van der Waals surface area (Å²) in [6, 6.07) is 5.02. The molecular weight excluding hydrogens is 225 g/mol. The summed E-state index contributed by atoms with van der Waals surface area (Å²) in [5.74, 6) is 2.23. The number of hydrogen-bond acceptors (Lipinski definition) is 1. The molecule has 0 saturated heterocycles. The molecule has 0 aliphatic rings. The lowest BCUT2D eigenvalue weighted by Crippen LogP contribution is -2.17. The minimum absolute atomic E-state index is 0.0351. The van der Waals surface area contributed by atoms with E-state index in [-0.39, 0.29) is 16.9 Å². The molecule has 0 aliphatic heterocycles. The SMILES string of the molecule is C#CCCCC(NC)c1cccc(Cl)c1F. The second kappa shape index (κ2) is 6.52. The predicted molar refractivity (Wildman–Crippen MR) is 65.9 cm³/mol. The molecule has 0 fully saturated rings. The monoisotopic (exact) mass is 239 g/mol. The van der Waals surface area contributed by atoms with Gasteiger partial charge in [0.05, 0.1) is 5.02 Å². The molecule has 86 valence electrons. The van der Waals surface area contributed by atoms with Gasteiger partial charge in [-0.1, -0.05) is 23.7 Å². The second-order valence-electron chi connectivity index (χ2n) is 3.58. The van der Waals surface area contributed by atoms with Crippen molar-refractivity contribution < 1.29 is 4.39 Å². The van der Waals surface area contributed by atoms with Crippen molar-refractivity contribution in [2.75, 3.05) is 7.05 Å².